The third kappa shape index (κ3) is 7.79. The zero-order valence-corrected chi connectivity index (χ0v) is 26.8. The Morgan fingerprint density at radius 3 is 1.07 bits per heavy atom. The molecule has 8 atom stereocenters. The number of aliphatic hydroxyl groups excluding tert-OH is 4. The van der Waals surface area contributed by atoms with Crippen molar-refractivity contribution in [1.82, 2.24) is 0 Å². The molecule has 42 heavy (non-hydrogen) atoms. The first-order valence-corrected chi connectivity index (χ1v) is 19.2. The van der Waals surface area contributed by atoms with Crippen LogP contribution < -0.4 is 0 Å². The molecule has 6 aliphatic rings. The van der Waals surface area contributed by atoms with Crippen molar-refractivity contribution in [3.63, 3.8) is 0 Å². The minimum atomic E-state index is -0.135. The monoisotopic (exact) mass is 586 g/mol. The summed E-state index contributed by atoms with van der Waals surface area (Å²) in [7, 11) is 0. The van der Waals surface area contributed by atoms with Gasteiger partial charge in [-0.25, -0.2) is 0 Å². The van der Waals surface area contributed by atoms with E-state index in [2.05, 4.69) is 0 Å². The van der Waals surface area contributed by atoms with Gasteiger partial charge >= 0.3 is 0 Å². The van der Waals surface area contributed by atoms with Crippen molar-refractivity contribution in [1.29, 1.82) is 0 Å². The third-order valence-corrected chi connectivity index (χ3v) is 14.3. The first-order valence-electron chi connectivity index (χ1n) is 19.2. The van der Waals surface area contributed by atoms with Gasteiger partial charge in [0.1, 0.15) is 0 Å². The van der Waals surface area contributed by atoms with E-state index in [1.165, 1.54) is 103 Å². The lowest BCUT2D eigenvalue weighted by molar-refractivity contribution is -0.0898. The molecule has 6 rings (SSSR count). The SMILES string of the molecule is OC1CCC(CC2CC(C3CC(CC4CCC(O)CC4)C(O)C(C4CCCCC4)C3)CC(C3CCCCC3)C2O)CC1. The fourth-order valence-corrected chi connectivity index (χ4v) is 11.9. The zero-order chi connectivity index (χ0) is 29.1. The summed E-state index contributed by atoms with van der Waals surface area (Å²) in [5.41, 5.74) is 0. The van der Waals surface area contributed by atoms with Crippen molar-refractivity contribution in [2.75, 3.05) is 0 Å². The molecule has 4 nitrogen and oxygen atoms in total. The van der Waals surface area contributed by atoms with Gasteiger partial charge in [-0.05, 0) is 149 Å². The Kier molecular flexibility index (Phi) is 11.3. The van der Waals surface area contributed by atoms with Crippen molar-refractivity contribution in [2.45, 2.75) is 179 Å². The van der Waals surface area contributed by atoms with Crippen molar-refractivity contribution in [2.24, 2.45) is 59.2 Å². The lowest BCUT2D eigenvalue weighted by atomic mass is 9.56. The van der Waals surface area contributed by atoms with Crippen LogP contribution in [0.15, 0.2) is 0 Å². The Morgan fingerprint density at radius 2 is 0.714 bits per heavy atom. The molecule has 242 valence electrons. The molecule has 4 heteroatoms. The van der Waals surface area contributed by atoms with Crippen LogP contribution in [-0.2, 0) is 0 Å². The van der Waals surface area contributed by atoms with Crippen molar-refractivity contribution in [3.8, 4) is 0 Å². The molecule has 0 saturated heterocycles. The van der Waals surface area contributed by atoms with E-state index in [4.69, 9.17) is 0 Å². The summed E-state index contributed by atoms with van der Waals surface area (Å²) in [5.74, 6) is 5.97. The fourth-order valence-electron chi connectivity index (χ4n) is 11.9. The molecule has 0 radical (unpaired) electrons. The van der Waals surface area contributed by atoms with Crippen LogP contribution in [0.25, 0.3) is 0 Å². The predicted octanol–water partition coefficient (Wildman–Crippen LogP) is 8.04. The summed E-state index contributed by atoms with van der Waals surface area (Å²) in [6.07, 6.45) is 28.5. The average molecular weight is 587 g/mol. The molecule has 0 bridgehead atoms. The largest absolute Gasteiger partial charge is 0.393 e. The summed E-state index contributed by atoms with van der Waals surface area (Å²) >= 11 is 0. The van der Waals surface area contributed by atoms with E-state index < -0.39 is 0 Å². The highest BCUT2D eigenvalue weighted by molar-refractivity contribution is 4.98. The first-order chi connectivity index (χ1) is 20.4. The van der Waals surface area contributed by atoms with Crippen LogP contribution in [0.5, 0.6) is 0 Å². The van der Waals surface area contributed by atoms with Gasteiger partial charge in [-0.2, -0.15) is 0 Å². The minimum absolute atomic E-state index is 0.102. The van der Waals surface area contributed by atoms with Crippen LogP contribution in [0.1, 0.15) is 154 Å². The number of aliphatic hydroxyl groups is 4. The summed E-state index contributed by atoms with van der Waals surface area (Å²) in [6, 6.07) is 0. The van der Waals surface area contributed by atoms with E-state index in [0.717, 1.165) is 51.4 Å². The molecule has 0 amide bonds. The van der Waals surface area contributed by atoms with Gasteiger partial charge in [-0.3, -0.25) is 0 Å². The minimum Gasteiger partial charge on any atom is -0.393 e. The molecule has 6 saturated carbocycles. The quantitative estimate of drug-likeness (QED) is 0.243. The molecule has 0 aromatic heterocycles. The molecule has 0 aliphatic heterocycles. The second kappa shape index (κ2) is 15.0. The van der Waals surface area contributed by atoms with E-state index in [-0.39, 0.29) is 24.4 Å². The van der Waals surface area contributed by atoms with Gasteiger partial charge in [-0.1, -0.05) is 64.2 Å². The van der Waals surface area contributed by atoms with Crippen LogP contribution in [0, 0.1) is 59.2 Å². The second-order valence-corrected chi connectivity index (χ2v) is 16.9. The smallest absolute Gasteiger partial charge is 0.0599 e. The summed E-state index contributed by atoms with van der Waals surface area (Å²) < 4.78 is 0. The molecule has 8 unspecified atom stereocenters. The van der Waals surface area contributed by atoms with E-state index in [9.17, 15) is 20.4 Å². The Morgan fingerprint density at radius 1 is 0.357 bits per heavy atom. The lowest BCUT2D eigenvalue weighted by Gasteiger charge is -2.51. The normalized spacial score (nSPS) is 46.9. The maximum absolute atomic E-state index is 12.0. The summed E-state index contributed by atoms with van der Waals surface area (Å²) in [5, 5.41) is 44.2. The number of hydrogen-bond donors (Lipinski definition) is 4. The second-order valence-electron chi connectivity index (χ2n) is 16.9. The van der Waals surface area contributed by atoms with Gasteiger partial charge in [0.25, 0.3) is 0 Å². The van der Waals surface area contributed by atoms with Gasteiger partial charge in [0.15, 0.2) is 0 Å². The molecule has 0 aromatic rings. The Labute approximate surface area is 257 Å². The Hall–Kier alpha value is -0.160. The third-order valence-electron chi connectivity index (χ3n) is 14.3. The van der Waals surface area contributed by atoms with Gasteiger partial charge in [0, 0.05) is 0 Å². The van der Waals surface area contributed by atoms with Crippen molar-refractivity contribution < 1.29 is 20.4 Å². The number of hydrogen-bond acceptors (Lipinski definition) is 4. The van der Waals surface area contributed by atoms with Crippen LogP contribution in [0.2, 0.25) is 0 Å². The van der Waals surface area contributed by atoms with Gasteiger partial charge < -0.3 is 20.4 Å². The van der Waals surface area contributed by atoms with E-state index in [1.807, 2.05) is 0 Å². The fraction of sp³-hybridized carbons (Fsp3) is 1.00. The highest BCUT2D eigenvalue weighted by atomic mass is 16.3. The van der Waals surface area contributed by atoms with Crippen LogP contribution in [-0.4, -0.2) is 44.8 Å². The highest BCUT2D eigenvalue weighted by Crippen LogP contribution is 2.53. The van der Waals surface area contributed by atoms with E-state index >= 15 is 0 Å². The molecule has 0 spiro atoms. The standard InChI is InChI=1S/C38H66O4/c39-33-15-11-25(12-16-33)19-31-21-29(23-35(37(31)41)27-7-3-1-4-8-27)30-22-32(20-26-13-17-34(40)18-14-26)38(42)36(24-30)28-9-5-2-6-10-28/h25-42H,1-24H2. The maximum atomic E-state index is 12.0. The maximum Gasteiger partial charge on any atom is 0.0599 e. The first kappa shape index (κ1) is 31.8. The van der Waals surface area contributed by atoms with E-state index in [0.29, 0.717) is 59.2 Å². The molecular weight excluding hydrogens is 520 g/mol. The highest BCUT2D eigenvalue weighted by Gasteiger charge is 2.48. The van der Waals surface area contributed by atoms with E-state index in [1.54, 1.807) is 0 Å². The Balaban J connectivity index is 1.20. The van der Waals surface area contributed by atoms with Gasteiger partial charge in [0.05, 0.1) is 24.4 Å². The predicted molar refractivity (Wildman–Crippen MR) is 170 cm³/mol. The van der Waals surface area contributed by atoms with Crippen LogP contribution >= 0.6 is 0 Å². The van der Waals surface area contributed by atoms with Gasteiger partial charge in [-0.15, -0.1) is 0 Å². The molecule has 6 fully saturated rings. The van der Waals surface area contributed by atoms with Crippen LogP contribution in [0.3, 0.4) is 0 Å². The zero-order valence-electron chi connectivity index (χ0n) is 26.8. The van der Waals surface area contributed by atoms with Crippen molar-refractivity contribution in [3.05, 3.63) is 0 Å². The summed E-state index contributed by atoms with van der Waals surface area (Å²) in [6.45, 7) is 0. The number of rotatable bonds is 7. The molecular formula is C38H66O4. The van der Waals surface area contributed by atoms with Crippen molar-refractivity contribution >= 4 is 0 Å². The molecule has 0 heterocycles. The molecule has 6 aliphatic carbocycles. The lowest BCUT2D eigenvalue weighted by Crippen LogP contribution is -2.48. The summed E-state index contributed by atoms with van der Waals surface area (Å²) in [4.78, 5) is 0. The topological polar surface area (TPSA) is 80.9 Å². The molecule has 4 N–H and O–H groups in total. The Bertz CT molecular complexity index is 723. The van der Waals surface area contributed by atoms with Crippen LogP contribution in [0.4, 0.5) is 0 Å². The molecule has 0 aromatic carbocycles. The average Bonchev–Trinajstić information content (AvgIpc) is 3.02. The van der Waals surface area contributed by atoms with Gasteiger partial charge in [0.2, 0.25) is 0 Å².